The Morgan fingerprint density at radius 3 is 1.90 bits per heavy atom. The zero-order valence-electron chi connectivity index (χ0n) is 13.3. The van der Waals surface area contributed by atoms with E-state index >= 15 is 0 Å². The van der Waals surface area contributed by atoms with Crippen molar-refractivity contribution in [3.05, 3.63) is 46.7 Å². The first-order valence-electron chi connectivity index (χ1n) is 7.37. The van der Waals surface area contributed by atoms with Crippen LogP contribution >= 0.6 is 9.24 Å². The fraction of sp³-hybridized carbons (Fsp3) is 0.529. The average Bonchev–Trinajstić information content (AvgIpc) is 2.72. The lowest BCUT2D eigenvalue weighted by Crippen LogP contribution is -1.96. The molecule has 1 aromatic heterocycles. The fourth-order valence-corrected chi connectivity index (χ4v) is 2.34. The Morgan fingerprint density at radius 1 is 1.00 bits per heavy atom. The van der Waals surface area contributed by atoms with Crippen molar-refractivity contribution in [3.63, 3.8) is 0 Å². The Morgan fingerprint density at radius 2 is 1.48 bits per heavy atom. The number of aliphatic hydroxyl groups is 2. The van der Waals surface area contributed by atoms with E-state index in [1.54, 1.807) is 0 Å². The Hall–Kier alpha value is -0.890. The first kappa shape index (κ1) is 18.2. The molecule has 0 bridgehead atoms. The van der Waals surface area contributed by atoms with Gasteiger partial charge in [-0.2, -0.15) is 0 Å². The molecule has 1 heterocycles. The van der Waals surface area contributed by atoms with Crippen molar-refractivity contribution < 1.29 is 14.6 Å². The van der Waals surface area contributed by atoms with E-state index in [4.69, 9.17) is 4.42 Å². The summed E-state index contributed by atoms with van der Waals surface area (Å²) in [5.41, 5.74) is 1.84. The predicted molar refractivity (Wildman–Crippen MR) is 90.2 cm³/mol. The molecule has 3 unspecified atom stereocenters. The van der Waals surface area contributed by atoms with Crippen molar-refractivity contribution in [2.24, 2.45) is 5.92 Å². The van der Waals surface area contributed by atoms with Gasteiger partial charge in [0, 0.05) is 0 Å². The second-order valence-corrected chi connectivity index (χ2v) is 6.07. The van der Waals surface area contributed by atoms with E-state index in [-0.39, 0.29) is 0 Å². The maximum atomic E-state index is 10.3. The van der Waals surface area contributed by atoms with E-state index in [9.17, 15) is 10.2 Å². The van der Waals surface area contributed by atoms with Gasteiger partial charge in [-0.05, 0) is 43.7 Å². The van der Waals surface area contributed by atoms with Gasteiger partial charge in [0.15, 0.2) is 0 Å². The fourth-order valence-electron chi connectivity index (χ4n) is 2.18. The van der Waals surface area contributed by atoms with Gasteiger partial charge in [-0.3, -0.25) is 0 Å². The highest BCUT2D eigenvalue weighted by Gasteiger charge is 2.22. The molecule has 21 heavy (non-hydrogen) atoms. The molecule has 0 fully saturated rings. The van der Waals surface area contributed by atoms with Gasteiger partial charge in [-0.1, -0.05) is 37.9 Å². The zero-order valence-corrected chi connectivity index (χ0v) is 14.5. The molecule has 0 aliphatic heterocycles. The van der Waals surface area contributed by atoms with Gasteiger partial charge in [0.25, 0.3) is 0 Å². The van der Waals surface area contributed by atoms with Crippen LogP contribution in [0.3, 0.4) is 0 Å². The summed E-state index contributed by atoms with van der Waals surface area (Å²) in [4.78, 5) is 0. The van der Waals surface area contributed by atoms with Gasteiger partial charge in [-0.25, -0.2) is 0 Å². The summed E-state index contributed by atoms with van der Waals surface area (Å²) < 4.78 is 5.75. The summed E-state index contributed by atoms with van der Waals surface area (Å²) in [6.07, 6.45) is 5.58. The lowest BCUT2D eigenvalue weighted by molar-refractivity contribution is 0.123. The van der Waals surface area contributed by atoms with Crippen LogP contribution in [0.5, 0.6) is 0 Å². The number of aliphatic hydroxyl groups excluding tert-OH is 2. The molecule has 118 valence electrons. The number of furan rings is 1. The Labute approximate surface area is 130 Å². The van der Waals surface area contributed by atoms with Crippen LogP contribution in [0.4, 0.5) is 0 Å². The minimum Gasteiger partial charge on any atom is -0.460 e. The Kier molecular flexibility index (Phi) is 7.37. The summed E-state index contributed by atoms with van der Waals surface area (Å²) in [5, 5.41) is 20.4. The standard InChI is InChI=1S/C17H27O3P/c1-11(2)7-5-8-14(18)16-12(3)13(4)17(20-16)15(19)9-6-10-21/h5-7,10-11,14-15,18-19H,8-9,21H2,1-4H3/b7-5+,10-6+. The number of hydrogen-bond acceptors (Lipinski definition) is 3. The monoisotopic (exact) mass is 310 g/mol. The van der Waals surface area contributed by atoms with Crippen LogP contribution in [0, 0.1) is 19.8 Å². The molecule has 2 N–H and O–H groups in total. The van der Waals surface area contributed by atoms with Crippen LogP contribution in [-0.4, -0.2) is 10.2 Å². The van der Waals surface area contributed by atoms with Crippen molar-refractivity contribution in [2.45, 2.75) is 52.7 Å². The van der Waals surface area contributed by atoms with Crippen LogP contribution in [-0.2, 0) is 0 Å². The minimum atomic E-state index is -0.673. The van der Waals surface area contributed by atoms with E-state index in [1.165, 1.54) is 0 Å². The van der Waals surface area contributed by atoms with Crippen molar-refractivity contribution in [1.29, 1.82) is 0 Å². The van der Waals surface area contributed by atoms with Gasteiger partial charge < -0.3 is 14.6 Å². The molecule has 0 radical (unpaired) electrons. The summed E-state index contributed by atoms with van der Waals surface area (Å²) in [7, 11) is 2.48. The minimum absolute atomic E-state index is 0.465. The molecule has 0 spiro atoms. The van der Waals surface area contributed by atoms with E-state index in [0.29, 0.717) is 30.3 Å². The zero-order chi connectivity index (χ0) is 16.0. The summed E-state index contributed by atoms with van der Waals surface area (Å²) in [6, 6.07) is 0. The molecule has 4 heteroatoms. The summed E-state index contributed by atoms with van der Waals surface area (Å²) in [6.45, 7) is 8.03. The van der Waals surface area contributed by atoms with Crippen LogP contribution < -0.4 is 0 Å². The van der Waals surface area contributed by atoms with Gasteiger partial charge in [-0.15, -0.1) is 9.24 Å². The van der Waals surface area contributed by atoms with E-state index < -0.39 is 12.2 Å². The smallest absolute Gasteiger partial charge is 0.136 e. The highest BCUT2D eigenvalue weighted by atomic mass is 31.0. The third-order valence-corrected chi connectivity index (χ3v) is 3.77. The van der Waals surface area contributed by atoms with Crippen molar-refractivity contribution in [2.75, 3.05) is 0 Å². The molecule has 0 saturated heterocycles. The maximum absolute atomic E-state index is 10.3. The van der Waals surface area contributed by atoms with Crippen LogP contribution in [0.15, 0.2) is 28.5 Å². The van der Waals surface area contributed by atoms with Crippen molar-refractivity contribution in [3.8, 4) is 0 Å². The molecular weight excluding hydrogens is 283 g/mol. The quantitative estimate of drug-likeness (QED) is 0.581. The van der Waals surface area contributed by atoms with Gasteiger partial charge in [0.05, 0.1) is 0 Å². The number of rotatable bonds is 7. The van der Waals surface area contributed by atoms with Gasteiger partial charge in [0.1, 0.15) is 23.7 Å². The van der Waals surface area contributed by atoms with E-state index in [0.717, 1.165) is 11.1 Å². The second kappa shape index (κ2) is 8.53. The lowest BCUT2D eigenvalue weighted by Gasteiger charge is -2.07. The highest BCUT2D eigenvalue weighted by molar-refractivity contribution is 7.20. The molecular formula is C17H27O3P. The highest BCUT2D eigenvalue weighted by Crippen LogP contribution is 2.33. The van der Waals surface area contributed by atoms with Gasteiger partial charge >= 0.3 is 0 Å². The van der Waals surface area contributed by atoms with Crippen LogP contribution in [0.1, 0.15) is 61.5 Å². The van der Waals surface area contributed by atoms with Crippen molar-refractivity contribution in [1.82, 2.24) is 0 Å². The first-order valence-corrected chi connectivity index (χ1v) is 8.04. The molecule has 1 aromatic rings. The number of hydrogen-bond donors (Lipinski definition) is 2. The Bertz CT molecular complexity index is 500. The number of allylic oxidation sites excluding steroid dienone is 1. The molecule has 0 saturated carbocycles. The third-order valence-electron chi connectivity index (χ3n) is 3.50. The lowest BCUT2D eigenvalue weighted by atomic mass is 10.0. The predicted octanol–water partition coefficient (Wildman–Crippen LogP) is 4.34. The van der Waals surface area contributed by atoms with Crippen molar-refractivity contribution >= 4 is 9.24 Å². The van der Waals surface area contributed by atoms with E-state index in [2.05, 4.69) is 29.2 Å². The van der Waals surface area contributed by atoms with Crippen LogP contribution in [0.25, 0.3) is 0 Å². The maximum Gasteiger partial charge on any atom is 0.136 e. The SMILES string of the molecule is Cc1c(C(O)C/C=C/P)oc(C(O)C/C=C/C(C)C)c1C. The average molecular weight is 310 g/mol. The van der Waals surface area contributed by atoms with Gasteiger partial charge in [0.2, 0.25) is 0 Å². The largest absolute Gasteiger partial charge is 0.460 e. The third kappa shape index (κ3) is 5.10. The molecule has 3 atom stereocenters. The topological polar surface area (TPSA) is 53.6 Å². The molecule has 0 aromatic carbocycles. The van der Waals surface area contributed by atoms with Crippen LogP contribution in [0.2, 0.25) is 0 Å². The molecule has 1 rings (SSSR count). The normalized spacial score (nSPS) is 15.4. The molecule has 0 aliphatic carbocycles. The molecule has 0 aliphatic rings. The summed E-state index contributed by atoms with van der Waals surface area (Å²) >= 11 is 0. The molecule has 0 amide bonds. The molecule has 3 nitrogen and oxygen atoms in total. The summed E-state index contributed by atoms with van der Waals surface area (Å²) in [5.74, 6) is 3.40. The van der Waals surface area contributed by atoms with E-state index in [1.807, 2.05) is 31.8 Å². The second-order valence-electron chi connectivity index (χ2n) is 5.68. The first-order chi connectivity index (χ1) is 9.88. The Balaban J connectivity index is 2.89.